The number of aromatic hydroxyl groups is 1. The second-order valence-corrected chi connectivity index (χ2v) is 4.19. The lowest BCUT2D eigenvalue weighted by molar-refractivity contribution is 0.101. The van der Waals surface area contributed by atoms with E-state index in [4.69, 9.17) is 16.6 Å². The average Bonchev–Trinajstić information content (AvgIpc) is 2.73. The van der Waals surface area contributed by atoms with Crippen LogP contribution in [0.1, 0.15) is 15.4 Å². The van der Waals surface area contributed by atoms with E-state index >= 15 is 0 Å². The van der Waals surface area contributed by atoms with Crippen LogP contribution in [0.2, 0.25) is 0 Å². The molecule has 14 heavy (non-hydrogen) atoms. The Morgan fingerprint density at radius 1 is 1.64 bits per heavy atom. The third-order valence-corrected chi connectivity index (χ3v) is 2.80. The SMILES string of the molecule is O=C(c1ccco1)c1sc(=S)[nH]c1O. The maximum absolute atomic E-state index is 11.6. The van der Waals surface area contributed by atoms with Crippen LogP contribution in [0.5, 0.6) is 5.88 Å². The number of nitrogens with one attached hydrogen (secondary N) is 1. The smallest absolute Gasteiger partial charge is 0.243 e. The van der Waals surface area contributed by atoms with Gasteiger partial charge < -0.3 is 14.5 Å². The van der Waals surface area contributed by atoms with Crippen LogP contribution in [0.15, 0.2) is 22.8 Å². The van der Waals surface area contributed by atoms with Crippen LogP contribution in [-0.2, 0) is 0 Å². The molecule has 0 aliphatic rings. The first-order valence-corrected chi connectivity index (χ1v) is 4.91. The maximum atomic E-state index is 11.6. The van der Waals surface area contributed by atoms with Crippen molar-refractivity contribution in [3.63, 3.8) is 0 Å². The second-order valence-electron chi connectivity index (χ2n) is 2.50. The molecule has 0 aliphatic carbocycles. The van der Waals surface area contributed by atoms with Crippen LogP contribution < -0.4 is 0 Å². The van der Waals surface area contributed by atoms with Crippen LogP contribution >= 0.6 is 23.6 Å². The van der Waals surface area contributed by atoms with Crippen molar-refractivity contribution in [2.75, 3.05) is 0 Å². The molecule has 2 N–H and O–H groups in total. The molecule has 6 heteroatoms. The van der Waals surface area contributed by atoms with Gasteiger partial charge in [0.25, 0.3) is 0 Å². The number of carbonyl (C=O) groups excluding carboxylic acids is 1. The number of hydrogen-bond acceptors (Lipinski definition) is 5. The Morgan fingerprint density at radius 3 is 2.93 bits per heavy atom. The molecular weight excluding hydrogens is 222 g/mol. The Kier molecular flexibility index (Phi) is 2.22. The van der Waals surface area contributed by atoms with Crippen LogP contribution in [0.4, 0.5) is 0 Å². The number of carbonyl (C=O) groups is 1. The molecule has 2 rings (SSSR count). The monoisotopic (exact) mass is 227 g/mol. The van der Waals surface area contributed by atoms with Gasteiger partial charge in [-0.15, -0.1) is 0 Å². The molecule has 0 aromatic carbocycles. The van der Waals surface area contributed by atoms with E-state index in [1.165, 1.54) is 12.3 Å². The predicted octanol–water partition coefficient (Wildman–Crippen LogP) is 2.34. The first-order valence-electron chi connectivity index (χ1n) is 3.69. The number of aromatic nitrogens is 1. The summed E-state index contributed by atoms with van der Waals surface area (Å²) < 4.78 is 5.27. The van der Waals surface area contributed by atoms with Gasteiger partial charge in [0.1, 0.15) is 4.88 Å². The molecule has 2 heterocycles. The minimum absolute atomic E-state index is 0.171. The van der Waals surface area contributed by atoms with Gasteiger partial charge in [0, 0.05) is 0 Å². The number of ketones is 1. The quantitative estimate of drug-likeness (QED) is 0.610. The zero-order valence-electron chi connectivity index (χ0n) is 6.81. The highest BCUT2D eigenvalue weighted by atomic mass is 32.1. The lowest BCUT2D eigenvalue weighted by Crippen LogP contribution is -1.96. The Hall–Kier alpha value is -1.40. The normalized spacial score (nSPS) is 10.3. The highest BCUT2D eigenvalue weighted by molar-refractivity contribution is 7.73. The van der Waals surface area contributed by atoms with Crippen LogP contribution in [0, 0.1) is 3.95 Å². The number of rotatable bonds is 2. The lowest BCUT2D eigenvalue weighted by Gasteiger charge is -1.91. The molecule has 72 valence electrons. The van der Waals surface area contributed by atoms with E-state index in [2.05, 4.69) is 4.98 Å². The number of furan rings is 1. The summed E-state index contributed by atoms with van der Waals surface area (Å²) in [6.07, 6.45) is 1.40. The molecule has 0 amide bonds. The Balaban J connectivity index is 2.46. The molecule has 0 saturated carbocycles. The largest absolute Gasteiger partial charge is 0.493 e. The molecular formula is C8H5NO3S2. The van der Waals surface area contributed by atoms with E-state index in [-0.39, 0.29) is 22.3 Å². The zero-order chi connectivity index (χ0) is 10.1. The van der Waals surface area contributed by atoms with Crippen molar-refractivity contribution in [1.29, 1.82) is 0 Å². The van der Waals surface area contributed by atoms with Gasteiger partial charge in [-0.05, 0) is 24.4 Å². The van der Waals surface area contributed by atoms with Crippen molar-refractivity contribution in [2.24, 2.45) is 0 Å². The molecule has 4 nitrogen and oxygen atoms in total. The molecule has 0 radical (unpaired) electrons. The zero-order valence-corrected chi connectivity index (χ0v) is 8.45. The molecule has 2 aromatic rings. The van der Waals surface area contributed by atoms with Crippen molar-refractivity contribution in [3.8, 4) is 5.88 Å². The minimum Gasteiger partial charge on any atom is -0.493 e. The highest BCUT2D eigenvalue weighted by Gasteiger charge is 2.18. The van der Waals surface area contributed by atoms with Crippen LogP contribution in [-0.4, -0.2) is 15.9 Å². The molecule has 0 aliphatic heterocycles. The summed E-state index contributed by atoms with van der Waals surface area (Å²) in [7, 11) is 0. The van der Waals surface area contributed by atoms with E-state index < -0.39 is 0 Å². The van der Waals surface area contributed by atoms with Gasteiger partial charge in [0.2, 0.25) is 11.7 Å². The van der Waals surface area contributed by atoms with E-state index in [0.29, 0.717) is 3.95 Å². The third-order valence-electron chi connectivity index (χ3n) is 1.58. The Labute approximate surface area is 87.8 Å². The van der Waals surface area contributed by atoms with Crippen molar-refractivity contribution in [3.05, 3.63) is 33.0 Å². The van der Waals surface area contributed by atoms with Gasteiger partial charge >= 0.3 is 0 Å². The maximum Gasteiger partial charge on any atom is 0.243 e. The summed E-state index contributed by atoms with van der Waals surface area (Å²) >= 11 is 5.81. The number of H-pyrrole nitrogens is 1. The van der Waals surface area contributed by atoms with Gasteiger partial charge in [0.15, 0.2) is 9.71 Å². The Bertz CT molecular complexity index is 509. The molecule has 0 atom stereocenters. The lowest BCUT2D eigenvalue weighted by atomic mass is 10.3. The molecule has 0 saturated heterocycles. The summed E-state index contributed by atoms with van der Waals surface area (Å²) in [5.74, 6) is -0.392. The van der Waals surface area contributed by atoms with E-state index in [0.717, 1.165) is 11.3 Å². The van der Waals surface area contributed by atoms with Gasteiger partial charge in [-0.25, -0.2) is 0 Å². The van der Waals surface area contributed by atoms with Gasteiger partial charge in [-0.1, -0.05) is 11.3 Å². The fourth-order valence-electron chi connectivity index (χ4n) is 0.994. The molecule has 0 unspecified atom stereocenters. The fraction of sp³-hybridized carbons (Fsp3) is 0. The first kappa shape index (κ1) is 9.17. The van der Waals surface area contributed by atoms with E-state index in [1.807, 2.05) is 0 Å². The first-order chi connectivity index (χ1) is 6.68. The average molecular weight is 227 g/mol. The summed E-state index contributed by atoms with van der Waals surface area (Å²) in [6.45, 7) is 0. The number of hydrogen-bond donors (Lipinski definition) is 2. The molecule has 0 bridgehead atoms. The Morgan fingerprint density at radius 2 is 2.43 bits per heavy atom. The summed E-state index contributed by atoms with van der Waals surface area (Å²) in [5.41, 5.74) is 0. The topological polar surface area (TPSA) is 66.2 Å². The second kappa shape index (κ2) is 3.39. The molecule has 2 aromatic heterocycles. The summed E-state index contributed by atoms with van der Waals surface area (Å²) in [6, 6.07) is 3.14. The highest BCUT2D eigenvalue weighted by Crippen LogP contribution is 2.24. The van der Waals surface area contributed by atoms with Crippen molar-refractivity contribution < 1.29 is 14.3 Å². The molecule has 0 spiro atoms. The predicted molar refractivity (Wildman–Crippen MR) is 53.3 cm³/mol. The molecule has 0 fully saturated rings. The van der Waals surface area contributed by atoms with Gasteiger partial charge in [-0.3, -0.25) is 4.79 Å². The number of aromatic amines is 1. The van der Waals surface area contributed by atoms with E-state index in [1.54, 1.807) is 6.07 Å². The van der Waals surface area contributed by atoms with Crippen molar-refractivity contribution in [2.45, 2.75) is 0 Å². The standard InChI is InChI=1S/C8H5NO3S2/c10-5(4-2-1-3-12-4)6-7(11)9-8(13)14-6/h1-3,11H,(H,9,13). The van der Waals surface area contributed by atoms with E-state index in [9.17, 15) is 9.90 Å². The van der Waals surface area contributed by atoms with Crippen molar-refractivity contribution >= 4 is 29.3 Å². The number of thiazole rings is 1. The van der Waals surface area contributed by atoms with Crippen LogP contribution in [0.3, 0.4) is 0 Å². The summed E-state index contributed by atoms with van der Waals surface area (Å²) in [4.78, 5) is 14.3. The third kappa shape index (κ3) is 1.49. The van der Waals surface area contributed by atoms with Crippen LogP contribution in [0.25, 0.3) is 0 Å². The van der Waals surface area contributed by atoms with Gasteiger partial charge in [0.05, 0.1) is 6.26 Å². The van der Waals surface area contributed by atoms with Crippen molar-refractivity contribution in [1.82, 2.24) is 4.98 Å². The summed E-state index contributed by atoms with van der Waals surface area (Å²) in [5, 5.41) is 9.33. The van der Waals surface area contributed by atoms with Gasteiger partial charge in [-0.2, -0.15) is 0 Å². The fourth-order valence-corrected chi connectivity index (χ4v) is 2.01. The minimum atomic E-state index is -0.371.